The van der Waals surface area contributed by atoms with Gasteiger partial charge in [0.1, 0.15) is 11.3 Å². The van der Waals surface area contributed by atoms with Crippen LogP contribution >= 0.6 is 11.3 Å². The summed E-state index contributed by atoms with van der Waals surface area (Å²) in [5.74, 6) is 8.20. The van der Waals surface area contributed by atoms with Crippen molar-refractivity contribution in [2.24, 2.45) is 0 Å². The number of rotatable bonds is 4. The number of fused-ring (bicyclic) bond motifs is 1. The molecule has 0 bridgehead atoms. The van der Waals surface area contributed by atoms with Crippen LogP contribution in [0, 0.1) is 24.2 Å². The molecule has 0 aliphatic rings. The summed E-state index contributed by atoms with van der Waals surface area (Å²) in [7, 11) is 0. The van der Waals surface area contributed by atoms with Gasteiger partial charge < -0.3 is 10.8 Å². The lowest BCUT2D eigenvalue weighted by Gasteiger charge is -2.01. The number of hydrogen-bond acceptors (Lipinski definition) is 5. The lowest BCUT2D eigenvalue weighted by molar-refractivity contribution is -0.113. The van der Waals surface area contributed by atoms with Gasteiger partial charge >= 0.3 is 0 Å². The molecule has 0 amide bonds. The Morgan fingerprint density at radius 1 is 1.27 bits per heavy atom. The molecule has 0 radical (unpaired) electrons. The fraction of sp³-hybridized carbons (Fsp3) is 0.143. The summed E-state index contributed by atoms with van der Waals surface area (Å²) in [6.07, 6.45) is 6.63. The largest absolute Gasteiger partial charge is 0.506 e. The molecule has 1 heterocycles. The molecule has 128 valence electrons. The molecular weight excluding hydrogens is 344 g/mol. The molecule has 0 atom stereocenters. The van der Waals surface area contributed by atoms with Gasteiger partial charge in [-0.25, -0.2) is 4.98 Å². The van der Waals surface area contributed by atoms with E-state index in [1.807, 2.05) is 30.3 Å². The van der Waals surface area contributed by atoms with E-state index >= 15 is 0 Å². The van der Waals surface area contributed by atoms with Crippen molar-refractivity contribution in [1.82, 2.24) is 4.98 Å². The number of nitrogen functional groups attached to an aromatic ring is 1. The molecule has 3 N–H and O–H groups in total. The van der Waals surface area contributed by atoms with E-state index in [-0.39, 0.29) is 11.5 Å². The molecule has 0 aliphatic heterocycles. The highest BCUT2D eigenvalue weighted by atomic mass is 32.1. The van der Waals surface area contributed by atoms with Crippen molar-refractivity contribution in [3.8, 4) is 29.9 Å². The number of aromatic hydroxyl groups is 1. The quantitative estimate of drug-likeness (QED) is 0.553. The maximum absolute atomic E-state index is 11.2. The number of terminal acetylenes is 1. The lowest BCUT2D eigenvalue weighted by atomic mass is 10.0. The van der Waals surface area contributed by atoms with Crippen molar-refractivity contribution in [1.29, 1.82) is 0 Å². The topological polar surface area (TPSA) is 76.2 Å². The molecule has 2 aromatic carbocycles. The van der Waals surface area contributed by atoms with Gasteiger partial charge in [-0.15, -0.1) is 6.42 Å². The number of thiazole rings is 1. The van der Waals surface area contributed by atoms with E-state index in [1.54, 1.807) is 6.07 Å². The zero-order chi connectivity index (χ0) is 18.5. The van der Waals surface area contributed by atoms with Gasteiger partial charge in [0.15, 0.2) is 5.13 Å². The Morgan fingerprint density at radius 2 is 2.08 bits per heavy atom. The summed E-state index contributed by atoms with van der Waals surface area (Å²) in [5.41, 5.74) is 9.03. The van der Waals surface area contributed by atoms with Gasteiger partial charge in [0, 0.05) is 18.4 Å². The second-order valence-corrected chi connectivity index (χ2v) is 6.82. The van der Waals surface area contributed by atoms with Crippen LogP contribution < -0.4 is 5.73 Å². The van der Waals surface area contributed by atoms with E-state index in [9.17, 15) is 9.90 Å². The Kier molecular flexibility index (Phi) is 5.22. The van der Waals surface area contributed by atoms with Crippen LogP contribution in [0.25, 0.3) is 10.2 Å². The Bertz CT molecular complexity index is 1080. The molecule has 0 unspecified atom stereocenters. The molecule has 4 nitrogen and oxygen atoms in total. The number of carbonyl (C=O) groups is 1. The first kappa shape index (κ1) is 17.5. The number of Topliss-reactive ketones (excluding diaryl/α,β-unsaturated/α-hetero) is 1. The molecule has 0 aliphatic carbocycles. The molecule has 0 saturated heterocycles. The van der Waals surface area contributed by atoms with Crippen LogP contribution in [-0.2, 0) is 17.6 Å². The molecular formula is C21H16N2O2S. The van der Waals surface area contributed by atoms with Crippen LogP contribution in [-0.4, -0.2) is 15.9 Å². The van der Waals surface area contributed by atoms with Crippen LogP contribution in [0.4, 0.5) is 5.13 Å². The molecule has 0 fully saturated rings. The average Bonchev–Trinajstić information content (AvgIpc) is 3.01. The van der Waals surface area contributed by atoms with Crippen molar-refractivity contribution in [2.45, 2.75) is 19.3 Å². The number of phenolic OH excluding ortho intramolecular Hbond substituents is 1. The number of nitrogens with zero attached hydrogens (tertiary/aromatic N) is 1. The Balaban J connectivity index is 1.72. The first-order valence-electron chi connectivity index (χ1n) is 8.00. The third kappa shape index (κ3) is 4.22. The number of nitrogens with two attached hydrogens (primary N) is 1. The second kappa shape index (κ2) is 7.74. The maximum Gasteiger partial charge on any atom is 0.205 e. The summed E-state index contributed by atoms with van der Waals surface area (Å²) in [4.78, 5) is 15.3. The highest BCUT2D eigenvalue weighted by Crippen LogP contribution is 2.31. The molecule has 0 saturated carbocycles. The minimum Gasteiger partial charge on any atom is -0.506 e. The third-order valence-electron chi connectivity index (χ3n) is 3.81. The molecule has 1 aromatic heterocycles. The van der Waals surface area contributed by atoms with Crippen molar-refractivity contribution in [3.05, 3.63) is 53.1 Å². The van der Waals surface area contributed by atoms with Gasteiger partial charge in [-0.2, -0.15) is 0 Å². The minimum absolute atomic E-state index is 0.0833. The molecule has 26 heavy (non-hydrogen) atoms. The van der Waals surface area contributed by atoms with Crippen molar-refractivity contribution < 1.29 is 9.90 Å². The van der Waals surface area contributed by atoms with Gasteiger partial charge in [-0.3, -0.25) is 4.79 Å². The van der Waals surface area contributed by atoms with Crippen molar-refractivity contribution >= 4 is 32.5 Å². The van der Waals surface area contributed by atoms with Gasteiger partial charge in [-0.1, -0.05) is 47.4 Å². The van der Waals surface area contributed by atoms with Gasteiger partial charge in [0.2, 0.25) is 5.78 Å². The van der Waals surface area contributed by atoms with E-state index in [2.05, 4.69) is 22.7 Å². The number of aromatic nitrogens is 1. The van der Waals surface area contributed by atoms with Gasteiger partial charge in [-0.05, 0) is 35.6 Å². The zero-order valence-electron chi connectivity index (χ0n) is 14.0. The second-order valence-electron chi connectivity index (χ2n) is 5.76. The molecule has 5 heteroatoms. The summed E-state index contributed by atoms with van der Waals surface area (Å²) in [6.45, 7) is 0. The van der Waals surface area contributed by atoms with Gasteiger partial charge in [0.25, 0.3) is 0 Å². The first-order valence-corrected chi connectivity index (χ1v) is 8.82. The van der Waals surface area contributed by atoms with E-state index in [1.165, 1.54) is 11.3 Å². The van der Waals surface area contributed by atoms with E-state index in [0.717, 1.165) is 21.4 Å². The SMILES string of the molecule is C#CC(=O)CCc1cccc(CC#Cc2cc(O)c3nc(N)sc3c2)c1. The van der Waals surface area contributed by atoms with E-state index < -0.39 is 0 Å². The van der Waals surface area contributed by atoms with Crippen LogP contribution in [0.3, 0.4) is 0 Å². The number of anilines is 1. The summed E-state index contributed by atoms with van der Waals surface area (Å²) in [6, 6.07) is 11.4. The number of benzene rings is 2. The Labute approximate surface area is 155 Å². The van der Waals surface area contributed by atoms with Crippen LogP contribution in [0.1, 0.15) is 23.1 Å². The Hall–Kier alpha value is -3.28. The monoisotopic (exact) mass is 360 g/mol. The zero-order valence-corrected chi connectivity index (χ0v) is 14.8. The van der Waals surface area contributed by atoms with Gasteiger partial charge in [0.05, 0.1) is 4.70 Å². The predicted molar refractivity (Wildman–Crippen MR) is 105 cm³/mol. The summed E-state index contributed by atoms with van der Waals surface area (Å²) < 4.78 is 0.812. The standard InChI is InChI=1S/C21H16N2O2S/c1-2-17(24)10-9-15-7-3-5-14(11-15)6-4-8-16-12-18(25)20-19(13-16)26-21(22)23-20/h1,3,5,7,11-13,25H,6,9-10H2,(H2,22,23). The van der Waals surface area contributed by atoms with E-state index in [0.29, 0.717) is 29.9 Å². The predicted octanol–water partition coefficient (Wildman–Crippen LogP) is 3.31. The van der Waals surface area contributed by atoms with Crippen LogP contribution in [0.15, 0.2) is 36.4 Å². The minimum atomic E-state index is -0.186. The maximum atomic E-state index is 11.2. The third-order valence-corrected chi connectivity index (χ3v) is 4.64. The highest BCUT2D eigenvalue weighted by Gasteiger charge is 2.07. The number of carbonyl (C=O) groups excluding carboxylic acids is 1. The van der Waals surface area contributed by atoms with Crippen LogP contribution in [0.2, 0.25) is 0 Å². The normalized spacial score (nSPS) is 10.1. The van der Waals surface area contributed by atoms with E-state index in [4.69, 9.17) is 12.2 Å². The van der Waals surface area contributed by atoms with Crippen molar-refractivity contribution in [2.75, 3.05) is 5.73 Å². The molecule has 0 spiro atoms. The highest BCUT2D eigenvalue weighted by molar-refractivity contribution is 7.22. The number of ketones is 1. The fourth-order valence-corrected chi connectivity index (χ4v) is 3.37. The number of phenols is 1. The van der Waals surface area contributed by atoms with Crippen molar-refractivity contribution in [3.63, 3.8) is 0 Å². The Morgan fingerprint density at radius 3 is 2.88 bits per heavy atom. The number of aryl methyl sites for hydroxylation is 1. The smallest absolute Gasteiger partial charge is 0.205 e. The average molecular weight is 360 g/mol. The molecule has 3 rings (SSSR count). The van der Waals surface area contributed by atoms with Crippen LogP contribution in [0.5, 0.6) is 5.75 Å². The first-order chi connectivity index (χ1) is 12.5. The summed E-state index contributed by atoms with van der Waals surface area (Å²) >= 11 is 1.32. The molecule has 3 aromatic rings. The fourth-order valence-electron chi connectivity index (χ4n) is 2.57. The lowest BCUT2D eigenvalue weighted by Crippen LogP contribution is -1.96. The summed E-state index contributed by atoms with van der Waals surface area (Å²) in [5, 5.41) is 10.4. The number of hydrogen-bond donors (Lipinski definition) is 2.